The molecule has 1 unspecified atom stereocenters. The van der Waals surface area contributed by atoms with Crippen molar-refractivity contribution in [3.8, 4) is 0 Å². The van der Waals surface area contributed by atoms with Crippen LogP contribution in [-0.4, -0.2) is 22.8 Å². The van der Waals surface area contributed by atoms with Crippen LogP contribution < -0.4 is 11.1 Å². The molecule has 20 heavy (non-hydrogen) atoms. The lowest BCUT2D eigenvalue weighted by Gasteiger charge is -2.12. The van der Waals surface area contributed by atoms with Gasteiger partial charge in [0.05, 0.1) is 5.25 Å². The van der Waals surface area contributed by atoms with Gasteiger partial charge in [0.25, 0.3) is 0 Å². The van der Waals surface area contributed by atoms with Gasteiger partial charge in [-0.25, -0.2) is 0 Å². The normalized spacial score (nSPS) is 11.9. The van der Waals surface area contributed by atoms with Crippen molar-refractivity contribution < 1.29 is 9.59 Å². The Morgan fingerprint density at radius 2 is 1.95 bits per heavy atom. The first-order valence-corrected chi connectivity index (χ1v) is 7.87. The SMILES string of the molecule is CCCCSC(C)C(=O)NCc1ccc(C(N)=O)cc1. The number of hydrogen-bond acceptors (Lipinski definition) is 3. The van der Waals surface area contributed by atoms with Crippen LogP contribution in [0.5, 0.6) is 0 Å². The summed E-state index contributed by atoms with van der Waals surface area (Å²) in [6.45, 7) is 4.53. The third-order valence-electron chi connectivity index (χ3n) is 2.94. The molecule has 0 aliphatic carbocycles. The molecule has 5 heteroatoms. The van der Waals surface area contributed by atoms with Gasteiger partial charge in [-0.05, 0) is 36.8 Å². The summed E-state index contributed by atoms with van der Waals surface area (Å²) in [5.74, 6) is 0.616. The molecule has 0 heterocycles. The highest BCUT2D eigenvalue weighted by Crippen LogP contribution is 2.13. The number of hydrogen-bond donors (Lipinski definition) is 2. The van der Waals surface area contributed by atoms with E-state index in [9.17, 15) is 9.59 Å². The van der Waals surface area contributed by atoms with Crippen molar-refractivity contribution in [3.05, 3.63) is 35.4 Å². The molecular weight excluding hydrogens is 272 g/mol. The number of carbonyl (C=O) groups excluding carboxylic acids is 2. The van der Waals surface area contributed by atoms with Crippen LogP contribution in [0, 0.1) is 0 Å². The van der Waals surface area contributed by atoms with Gasteiger partial charge in [-0.15, -0.1) is 11.8 Å². The van der Waals surface area contributed by atoms with Crippen molar-refractivity contribution in [2.75, 3.05) is 5.75 Å². The standard InChI is InChI=1S/C15H22N2O2S/c1-3-4-9-20-11(2)15(19)17-10-12-5-7-13(8-6-12)14(16)18/h5-8,11H,3-4,9-10H2,1-2H3,(H2,16,18)(H,17,19). The van der Waals surface area contributed by atoms with E-state index in [-0.39, 0.29) is 11.2 Å². The van der Waals surface area contributed by atoms with E-state index in [2.05, 4.69) is 12.2 Å². The monoisotopic (exact) mass is 294 g/mol. The minimum Gasteiger partial charge on any atom is -0.366 e. The van der Waals surface area contributed by atoms with Gasteiger partial charge in [0, 0.05) is 12.1 Å². The summed E-state index contributed by atoms with van der Waals surface area (Å²) in [6, 6.07) is 6.94. The summed E-state index contributed by atoms with van der Waals surface area (Å²) in [4.78, 5) is 22.8. The van der Waals surface area contributed by atoms with Crippen LogP contribution in [-0.2, 0) is 11.3 Å². The Bertz CT molecular complexity index is 446. The van der Waals surface area contributed by atoms with Gasteiger partial charge < -0.3 is 11.1 Å². The van der Waals surface area contributed by atoms with E-state index in [1.807, 2.05) is 6.92 Å². The van der Waals surface area contributed by atoms with Crippen LogP contribution in [0.15, 0.2) is 24.3 Å². The lowest BCUT2D eigenvalue weighted by molar-refractivity contribution is -0.120. The van der Waals surface area contributed by atoms with E-state index < -0.39 is 5.91 Å². The lowest BCUT2D eigenvalue weighted by atomic mass is 10.1. The Morgan fingerprint density at radius 3 is 2.50 bits per heavy atom. The second kappa shape index (κ2) is 8.64. The number of primary amides is 1. The summed E-state index contributed by atoms with van der Waals surface area (Å²) < 4.78 is 0. The summed E-state index contributed by atoms with van der Waals surface area (Å²) in [7, 11) is 0. The number of unbranched alkanes of at least 4 members (excludes halogenated alkanes) is 1. The summed E-state index contributed by atoms with van der Waals surface area (Å²) >= 11 is 1.68. The number of benzene rings is 1. The van der Waals surface area contributed by atoms with Crippen LogP contribution in [0.2, 0.25) is 0 Å². The average molecular weight is 294 g/mol. The average Bonchev–Trinajstić information content (AvgIpc) is 2.45. The number of rotatable bonds is 8. The van der Waals surface area contributed by atoms with Gasteiger partial charge in [0.2, 0.25) is 11.8 Å². The lowest BCUT2D eigenvalue weighted by Crippen LogP contribution is -2.30. The Morgan fingerprint density at radius 1 is 1.30 bits per heavy atom. The largest absolute Gasteiger partial charge is 0.366 e. The molecular formula is C15H22N2O2S. The molecule has 1 aromatic rings. The van der Waals surface area contributed by atoms with Gasteiger partial charge in [-0.2, -0.15) is 0 Å². The number of thioether (sulfide) groups is 1. The minimum absolute atomic E-state index is 0.0357. The molecule has 0 aromatic heterocycles. The number of nitrogens with two attached hydrogens (primary N) is 1. The third kappa shape index (κ3) is 5.65. The predicted molar refractivity (Wildman–Crippen MR) is 83.6 cm³/mol. The first-order chi connectivity index (χ1) is 9.54. The Balaban J connectivity index is 2.38. The quantitative estimate of drug-likeness (QED) is 0.723. The van der Waals surface area contributed by atoms with E-state index in [1.54, 1.807) is 36.0 Å². The molecule has 1 rings (SSSR count). The maximum atomic E-state index is 11.9. The van der Waals surface area contributed by atoms with Crippen molar-refractivity contribution in [3.63, 3.8) is 0 Å². The molecule has 0 saturated carbocycles. The van der Waals surface area contributed by atoms with Gasteiger partial charge in [-0.1, -0.05) is 25.5 Å². The van der Waals surface area contributed by atoms with Gasteiger partial charge >= 0.3 is 0 Å². The molecule has 1 aromatic carbocycles. The molecule has 1 atom stereocenters. The van der Waals surface area contributed by atoms with Gasteiger partial charge in [-0.3, -0.25) is 9.59 Å². The van der Waals surface area contributed by atoms with E-state index >= 15 is 0 Å². The zero-order chi connectivity index (χ0) is 15.0. The molecule has 0 aliphatic heterocycles. The van der Waals surface area contributed by atoms with E-state index in [1.165, 1.54) is 0 Å². The maximum Gasteiger partial charge on any atom is 0.248 e. The van der Waals surface area contributed by atoms with Crippen LogP contribution in [0.4, 0.5) is 0 Å². The fourth-order valence-corrected chi connectivity index (χ4v) is 2.64. The Hall–Kier alpha value is -1.49. The first kappa shape index (κ1) is 16.6. The fraction of sp³-hybridized carbons (Fsp3) is 0.467. The highest BCUT2D eigenvalue weighted by molar-refractivity contribution is 8.00. The van der Waals surface area contributed by atoms with Crippen molar-refractivity contribution in [1.82, 2.24) is 5.32 Å². The van der Waals surface area contributed by atoms with Crippen molar-refractivity contribution in [2.24, 2.45) is 5.73 Å². The van der Waals surface area contributed by atoms with Gasteiger partial charge in [0.1, 0.15) is 0 Å². The molecule has 110 valence electrons. The summed E-state index contributed by atoms with van der Waals surface area (Å²) in [6.07, 6.45) is 2.28. The van der Waals surface area contributed by atoms with Crippen LogP contribution in [0.3, 0.4) is 0 Å². The molecule has 0 saturated heterocycles. The summed E-state index contributed by atoms with van der Waals surface area (Å²) in [5, 5.41) is 2.86. The molecule has 2 amide bonds. The van der Waals surface area contributed by atoms with E-state index in [0.717, 1.165) is 24.2 Å². The Labute approximate surface area is 124 Å². The van der Waals surface area contributed by atoms with Crippen LogP contribution in [0.1, 0.15) is 42.6 Å². The van der Waals surface area contributed by atoms with Crippen LogP contribution >= 0.6 is 11.8 Å². The number of amides is 2. The fourth-order valence-electron chi connectivity index (χ4n) is 1.60. The maximum absolute atomic E-state index is 11.9. The second-order valence-corrected chi connectivity index (χ2v) is 6.09. The van der Waals surface area contributed by atoms with Crippen molar-refractivity contribution in [2.45, 2.75) is 38.5 Å². The van der Waals surface area contributed by atoms with Gasteiger partial charge in [0.15, 0.2) is 0 Å². The van der Waals surface area contributed by atoms with Crippen LogP contribution in [0.25, 0.3) is 0 Å². The zero-order valence-electron chi connectivity index (χ0n) is 12.0. The molecule has 3 N–H and O–H groups in total. The first-order valence-electron chi connectivity index (χ1n) is 6.82. The van der Waals surface area contributed by atoms with Crippen molar-refractivity contribution in [1.29, 1.82) is 0 Å². The molecule has 0 aliphatic rings. The molecule has 0 spiro atoms. The molecule has 0 radical (unpaired) electrons. The number of carbonyl (C=O) groups is 2. The van der Waals surface area contributed by atoms with E-state index in [0.29, 0.717) is 12.1 Å². The molecule has 0 fully saturated rings. The highest BCUT2D eigenvalue weighted by Gasteiger charge is 2.12. The smallest absolute Gasteiger partial charge is 0.248 e. The topological polar surface area (TPSA) is 72.2 Å². The molecule has 0 bridgehead atoms. The third-order valence-corrected chi connectivity index (χ3v) is 4.18. The summed E-state index contributed by atoms with van der Waals surface area (Å²) in [5.41, 5.74) is 6.60. The molecule has 4 nitrogen and oxygen atoms in total. The minimum atomic E-state index is -0.443. The van der Waals surface area contributed by atoms with Crippen molar-refractivity contribution >= 4 is 23.6 Å². The predicted octanol–water partition coefficient (Wildman–Crippen LogP) is 2.32. The zero-order valence-corrected chi connectivity index (χ0v) is 12.8. The highest BCUT2D eigenvalue weighted by atomic mass is 32.2. The van der Waals surface area contributed by atoms with E-state index in [4.69, 9.17) is 5.73 Å². The Kier molecular flexibility index (Phi) is 7.15. The second-order valence-electron chi connectivity index (χ2n) is 4.65. The number of nitrogens with one attached hydrogen (secondary N) is 1.